The van der Waals surface area contributed by atoms with Crippen molar-refractivity contribution in [2.75, 3.05) is 7.05 Å². The standard InChI is InChI=1S/C21H24ClN3O3/c1-11(2)24(4)20(26)17-9-18(28-23-17)14-7-15-10-25(12(3)13-5-6-13)21(27)19(15)16(22)8-14/h7-9,11-13H,5-6,10H2,1-4H3/t12-/m0/s1. The molecule has 1 aliphatic heterocycles. The van der Waals surface area contributed by atoms with E-state index in [4.69, 9.17) is 16.1 Å². The Morgan fingerprint density at radius 3 is 2.64 bits per heavy atom. The van der Waals surface area contributed by atoms with Gasteiger partial charge in [0.2, 0.25) is 0 Å². The Morgan fingerprint density at radius 2 is 2.00 bits per heavy atom. The summed E-state index contributed by atoms with van der Waals surface area (Å²) in [4.78, 5) is 28.8. The molecule has 7 heteroatoms. The van der Waals surface area contributed by atoms with Gasteiger partial charge in [0.25, 0.3) is 11.8 Å². The van der Waals surface area contributed by atoms with E-state index in [2.05, 4.69) is 12.1 Å². The average Bonchev–Trinajstić information content (AvgIpc) is 3.29. The molecule has 1 saturated carbocycles. The lowest BCUT2D eigenvalue weighted by Crippen LogP contribution is -2.34. The van der Waals surface area contributed by atoms with Crippen molar-refractivity contribution in [3.05, 3.63) is 40.0 Å². The molecule has 4 rings (SSSR count). The molecule has 0 spiro atoms. The van der Waals surface area contributed by atoms with E-state index in [0.717, 1.165) is 11.1 Å². The number of hydrogen-bond donors (Lipinski definition) is 0. The molecule has 1 fully saturated rings. The summed E-state index contributed by atoms with van der Waals surface area (Å²) in [5.74, 6) is 0.860. The summed E-state index contributed by atoms with van der Waals surface area (Å²) in [5.41, 5.74) is 2.44. The topological polar surface area (TPSA) is 66.7 Å². The molecule has 2 aliphatic rings. The van der Waals surface area contributed by atoms with Gasteiger partial charge in [-0.25, -0.2) is 0 Å². The highest BCUT2D eigenvalue weighted by Gasteiger charge is 2.39. The molecule has 0 saturated heterocycles. The van der Waals surface area contributed by atoms with Gasteiger partial charge in [-0.3, -0.25) is 9.59 Å². The van der Waals surface area contributed by atoms with E-state index in [-0.39, 0.29) is 29.6 Å². The molecule has 2 amide bonds. The maximum atomic E-state index is 12.8. The number of fused-ring (bicyclic) bond motifs is 1. The average molecular weight is 402 g/mol. The summed E-state index contributed by atoms with van der Waals surface area (Å²) < 4.78 is 5.41. The van der Waals surface area contributed by atoms with Crippen LogP contribution in [0.15, 0.2) is 22.7 Å². The lowest BCUT2D eigenvalue weighted by atomic mass is 10.0. The molecule has 0 bridgehead atoms. The largest absolute Gasteiger partial charge is 0.355 e. The van der Waals surface area contributed by atoms with Crippen LogP contribution in [0.25, 0.3) is 11.3 Å². The molecule has 1 atom stereocenters. The number of rotatable bonds is 5. The van der Waals surface area contributed by atoms with Crippen LogP contribution in [-0.2, 0) is 6.54 Å². The second-order valence-corrected chi connectivity index (χ2v) is 8.50. The van der Waals surface area contributed by atoms with Gasteiger partial charge in [0, 0.05) is 37.3 Å². The van der Waals surface area contributed by atoms with Crippen LogP contribution < -0.4 is 0 Å². The predicted molar refractivity (Wildman–Crippen MR) is 106 cm³/mol. The second kappa shape index (κ2) is 6.92. The van der Waals surface area contributed by atoms with Gasteiger partial charge in [0.15, 0.2) is 11.5 Å². The number of aromatic nitrogens is 1. The van der Waals surface area contributed by atoms with Crippen molar-refractivity contribution in [3.63, 3.8) is 0 Å². The number of halogens is 1. The van der Waals surface area contributed by atoms with Gasteiger partial charge in [-0.2, -0.15) is 0 Å². The molecule has 6 nitrogen and oxygen atoms in total. The van der Waals surface area contributed by atoms with E-state index in [9.17, 15) is 9.59 Å². The fourth-order valence-electron chi connectivity index (χ4n) is 3.66. The summed E-state index contributed by atoms with van der Waals surface area (Å²) in [6.45, 7) is 6.53. The fraction of sp³-hybridized carbons (Fsp3) is 0.476. The SMILES string of the molecule is CC(C)N(C)C(=O)c1cc(-c2cc(Cl)c3c(c2)CN([C@@H](C)C2CC2)C3=O)on1. The molecule has 0 radical (unpaired) electrons. The predicted octanol–water partition coefficient (Wildman–Crippen LogP) is 4.23. The second-order valence-electron chi connectivity index (χ2n) is 8.09. The number of nitrogens with zero attached hydrogens (tertiary/aromatic N) is 3. The van der Waals surface area contributed by atoms with E-state index >= 15 is 0 Å². The smallest absolute Gasteiger partial charge is 0.276 e. The monoisotopic (exact) mass is 401 g/mol. The van der Waals surface area contributed by atoms with E-state index in [0.29, 0.717) is 28.8 Å². The van der Waals surface area contributed by atoms with Gasteiger partial charge >= 0.3 is 0 Å². The maximum absolute atomic E-state index is 12.8. The first-order valence-corrected chi connectivity index (χ1v) is 10.0. The van der Waals surface area contributed by atoms with E-state index in [1.165, 1.54) is 12.8 Å². The van der Waals surface area contributed by atoms with Gasteiger partial charge < -0.3 is 14.3 Å². The zero-order valence-corrected chi connectivity index (χ0v) is 17.3. The molecule has 1 aromatic carbocycles. The van der Waals surface area contributed by atoms with Gasteiger partial charge in [0.05, 0.1) is 10.6 Å². The minimum absolute atomic E-state index is 0.00190. The lowest BCUT2D eigenvalue weighted by molar-refractivity contribution is 0.0696. The molecule has 0 N–H and O–H groups in total. The van der Waals surface area contributed by atoms with Gasteiger partial charge in [-0.15, -0.1) is 0 Å². The number of carbonyl (C=O) groups is 2. The Kier molecular flexibility index (Phi) is 4.70. The van der Waals surface area contributed by atoms with E-state index in [1.807, 2.05) is 24.8 Å². The number of hydrogen-bond acceptors (Lipinski definition) is 4. The van der Waals surface area contributed by atoms with Crippen LogP contribution in [0.3, 0.4) is 0 Å². The third-order valence-electron chi connectivity index (χ3n) is 5.89. The zero-order chi connectivity index (χ0) is 20.2. The van der Waals surface area contributed by atoms with Crippen molar-refractivity contribution in [2.45, 2.75) is 52.2 Å². The van der Waals surface area contributed by atoms with Crippen LogP contribution in [0.1, 0.15) is 60.0 Å². The molecular formula is C21H24ClN3O3. The van der Waals surface area contributed by atoms with Gasteiger partial charge in [0.1, 0.15) is 0 Å². The Morgan fingerprint density at radius 1 is 1.29 bits per heavy atom. The summed E-state index contributed by atoms with van der Waals surface area (Å²) in [6.07, 6.45) is 2.36. The van der Waals surface area contributed by atoms with Crippen molar-refractivity contribution >= 4 is 23.4 Å². The molecule has 148 valence electrons. The Balaban J connectivity index is 1.62. The molecule has 2 heterocycles. The Bertz CT molecular complexity index is 948. The van der Waals surface area contributed by atoms with Crippen molar-refractivity contribution in [1.82, 2.24) is 15.0 Å². The molecule has 1 aromatic heterocycles. The van der Waals surface area contributed by atoms with Crippen molar-refractivity contribution < 1.29 is 14.1 Å². The minimum atomic E-state index is -0.197. The zero-order valence-electron chi connectivity index (χ0n) is 16.5. The fourth-order valence-corrected chi connectivity index (χ4v) is 3.98. The number of benzene rings is 1. The first-order valence-electron chi connectivity index (χ1n) is 9.65. The molecular weight excluding hydrogens is 378 g/mol. The summed E-state index contributed by atoms with van der Waals surface area (Å²) >= 11 is 6.46. The number of amides is 2. The van der Waals surface area contributed by atoms with Crippen LogP contribution in [0.2, 0.25) is 5.02 Å². The van der Waals surface area contributed by atoms with Crippen LogP contribution in [0.5, 0.6) is 0 Å². The molecule has 1 aliphatic carbocycles. The highest BCUT2D eigenvalue weighted by atomic mass is 35.5. The summed E-state index contributed by atoms with van der Waals surface area (Å²) in [5, 5.41) is 4.33. The van der Waals surface area contributed by atoms with Gasteiger partial charge in [-0.1, -0.05) is 16.8 Å². The minimum Gasteiger partial charge on any atom is -0.355 e. The highest BCUT2D eigenvalue weighted by Crippen LogP contribution is 2.40. The quantitative estimate of drug-likeness (QED) is 0.751. The molecule has 28 heavy (non-hydrogen) atoms. The highest BCUT2D eigenvalue weighted by molar-refractivity contribution is 6.34. The Labute approximate surface area is 169 Å². The third kappa shape index (κ3) is 3.20. The van der Waals surface area contributed by atoms with Crippen molar-refractivity contribution in [3.8, 4) is 11.3 Å². The van der Waals surface area contributed by atoms with Crippen molar-refractivity contribution in [2.24, 2.45) is 5.92 Å². The van der Waals surface area contributed by atoms with Crippen molar-refractivity contribution in [1.29, 1.82) is 0 Å². The number of carbonyl (C=O) groups excluding carboxylic acids is 2. The normalized spacial score (nSPS) is 17.2. The first kappa shape index (κ1) is 19.0. The van der Waals surface area contributed by atoms with Crippen LogP contribution in [0, 0.1) is 5.92 Å². The first-order chi connectivity index (χ1) is 13.3. The summed E-state index contributed by atoms with van der Waals surface area (Å²) in [7, 11) is 1.73. The van der Waals surface area contributed by atoms with Gasteiger partial charge in [-0.05, 0) is 57.2 Å². The maximum Gasteiger partial charge on any atom is 0.276 e. The van der Waals surface area contributed by atoms with Crippen LogP contribution in [-0.4, -0.2) is 45.9 Å². The third-order valence-corrected chi connectivity index (χ3v) is 6.19. The Hall–Kier alpha value is -2.34. The lowest BCUT2D eigenvalue weighted by Gasteiger charge is -2.23. The molecule has 0 unspecified atom stereocenters. The van der Waals surface area contributed by atoms with E-state index < -0.39 is 0 Å². The summed E-state index contributed by atoms with van der Waals surface area (Å²) in [6, 6.07) is 5.54. The van der Waals surface area contributed by atoms with E-state index in [1.54, 1.807) is 24.1 Å². The van der Waals surface area contributed by atoms with Crippen LogP contribution in [0.4, 0.5) is 0 Å². The molecule has 2 aromatic rings. The van der Waals surface area contributed by atoms with Crippen LogP contribution >= 0.6 is 11.6 Å².